The zero-order chi connectivity index (χ0) is 12.8. The standard InChI is InChI=1S/2C5H5.C4H10OSi.2ClH.Zr/c2*1-2-4-5-3-1;1-6-4-2-3-5;;;/h2*1-5H;5H,2-4H2,1H3;2*1H;/q2*-1;;;;+2/p-2. The molecule has 106 valence electrons. The molecule has 2 rings (SSSR count). The van der Waals surface area contributed by atoms with Crippen LogP contribution in [0.3, 0.4) is 0 Å². The third kappa shape index (κ3) is 23.8. The molecular formula is C14H20Cl2OSiZr-2. The molecule has 0 bridgehead atoms. The molecule has 0 fully saturated rings. The van der Waals surface area contributed by atoms with Crippen molar-refractivity contribution >= 4 is 5.43 Å². The van der Waals surface area contributed by atoms with Gasteiger partial charge in [-0.3, -0.25) is 0 Å². The Morgan fingerprint density at radius 2 is 1.32 bits per heavy atom. The summed E-state index contributed by atoms with van der Waals surface area (Å²) < 4.78 is 0. The van der Waals surface area contributed by atoms with E-state index in [1.807, 2.05) is 60.7 Å². The molecule has 0 atom stereocenters. The van der Waals surface area contributed by atoms with Crippen LogP contribution in [-0.2, 0) is 23.3 Å². The molecule has 19 heavy (non-hydrogen) atoms. The van der Waals surface area contributed by atoms with E-state index in [1.54, 1.807) is 23.3 Å². The maximum Gasteiger partial charge on any atom is -0.172 e. The number of hydrogen-bond acceptors (Lipinski definition) is 1. The van der Waals surface area contributed by atoms with Gasteiger partial charge in [0.2, 0.25) is 0 Å². The van der Waals surface area contributed by atoms with E-state index in [4.69, 9.17) is 5.11 Å². The fourth-order valence-electron chi connectivity index (χ4n) is 0.986. The Morgan fingerprint density at radius 3 is 1.42 bits per heavy atom. The SMILES string of the molecule is C[Si](=[Zr+2])CCCO.[Cl-].[Cl-].c1cc[cH-]c1.c1cc[cH-]c1. The van der Waals surface area contributed by atoms with Gasteiger partial charge < -0.3 is 24.8 Å². The Morgan fingerprint density at radius 1 is 0.947 bits per heavy atom. The number of halogens is 2. The van der Waals surface area contributed by atoms with Gasteiger partial charge in [-0.2, -0.15) is 36.4 Å². The number of aliphatic hydroxyl groups is 1. The van der Waals surface area contributed by atoms with Gasteiger partial charge in [-0.25, -0.2) is 24.3 Å². The van der Waals surface area contributed by atoms with Gasteiger partial charge in [0, 0.05) is 0 Å². The van der Waals surface area contributed by atoms with E-state index >= 15 is 0 Å². The number of hydrogen-bond donors (Lipinski definition) is 1. The Labute approximate surface area is 144 Å². The van der Waals surface area contributed by atoms with E-state index in [1.165, 1.54) is 6.04 Å². The average molecular weight is 395 g/mol. The van der Waals surface area contributed by atoms with Gasteiger partial charge in [-0.05, 0) is 0 Å². The smallest absolute Gasteiger partial charge is 0.172 e. The maximum atomic E-state index is 8.34. The fourth-order valence-corrected chi connectivity index (χ4v) is 2.98. The van der Waals surface area contributed by atoms with Crippen molar-refractivity contribution in [1.29, 1.82) is 0 Å². The largest absolute Gasteiger partial charge is 1.00 e. The fraction of sp³-hybridized carbons (Fsp3) is 0.286. The van der Waals surface area contributed by atoms with E-state index in [-0.39, 0.29) is 30.2 Å². The van der Waals surface area contributed by atoms with Crippen molar-refractivity contribution in [3.8, 4) is 0 Å². The van der Waals surface area contributed by atoms with E-state index in [9.17, 15) is 0 Å². The van der Waals surface area contributed by atoms with Crippen LogP contribution in [0, 0.1) is 0 Å². The monoisotopic (exact) mass is 392 g/mol. The van der Waals surface area contributed by atoms with Gasteiger partial charge >= 0.3 is 59.5 Å². The van der Waals surface area contributed by atoms with E-state index in [2.05, 4.69) is 6.55 Å². The normalized spacial score (nSPS) is 7.58. The Kier molecular flexibility index (Phi) is 26.5. The molecule has 0 unspecified atom stereocenters. The van der Waals surface area contributed by atoms with Gasteiger partial charge in [0.15, 0.2) is 0 Å². The van der Waals surface area contributed by atoms with Crippen LogP contribution < -0.4 is 24.8 Å². The average Bonchev–Trinajstić information content (AvgIpc) is 3.01. The summed E-state index contributed by atoms with van der Waals surface area (Å²) in [4.78, 5) is 0. The molecule has 0 amide bonds. The third-order valence-corrected chi connectivity index (χ3v) is 4.77. The van der Waals surface area contributed by atoms with Crippen LogP contribution in [0.5, 0.6) is 0 Å². The second-order valence-electron chi connectivity index (χ2n) is 3.53. The molecule has 0 aliphatic heterocycles. The van der Waals surface area contributed by atoms with Crippen molar-refractivity contribution in [2.75, 3.05) is 6.61 Å². The van der Waals surface area contributed by atoms with Crippen molar-refractivity contribution in [2.45, 2.75) is 19.0 Å². The molecule has 0 saturated carbocycles. The Hall–Kier alpha value is 0.340. The summed E-state index contributed by atoms with van der Waals surface area (Å²) in [5, 5.41) is 8.34. The van der Waals surface area contributed by atoms with Crippen LogP contribution in [0.1, 0.15) is 6.42 Å². The van der Waals surface area contributed by atoms with Crippen molar-refractivity contribution in [1.82, 2.24) is 0 Å². The van der Waals surface area contributed by atoms with Crippen molar-refractivity contribution in [3.05, 3.63) is 60.7 Å². The minimum absolute atomic E-state index is 0. The summed E-state index contributed by atoms with van der Waals surface area (Å²) in [6.45, 7) is 2.69. The second kappa shape index (κ2) is 20.7. The molecular weight excluding hydrogens is 374 g/mol. The van der Waals surface area contributed by atoms with Gasteiger partial charge in [0.25, 0.3) is 0 Å². The first-order valence-electron chi connectivity index (χ1n) is 5.75. The van der Waals surface area contributed by atoms with Crippen LogP contribution in [0.4, 0.5) is 0 Å². The van der Waals surface area contributed by atoms with Crippen molar-refractivity contribution in [2.24, 2.45) is 0 Å². The summed E-state index contributed by atoms with van der Waals surface area (Å²) >= 11 is 1.69. The number of aliphatic hydroxyl groups excluding tert-OH is 1. The first kappa shape index (κ1) is 24.4. The van der Waals surface area contributed by atoms with Gasteiger partial charge in [-0.15, -0.1) is 0 Å². The molecule has 0 spiro atoms. The van der Waals surface area contributed by atoms with Crippen LogP contribution >= 0.6 is 0 Å². The topological polar surface area (TPSA) is 20.2 Å². The molecule has 0 radical (unpaired) electrons. The molecule has 0 saturated heterocycles. The van der Waals surface area contributed by atoms with E-state index < -0.39 is 0 Å². The minimum Gasteiger partial charge on any atom is -1.00 e. The van der Waals surface area contributed by atoms with Gasteiger partial charge in [0.1, 0.15) is 0 Å². The van der Waals surface area contributed by atoms with Crippen molar-refractivity contribution < 1.29 is 53.3 Å². The molecule has 0 heterocycles. The second-order valence-corrected chi connectivity index (χ2v) is 11.9. The number of rotatable bonds is 3. The van der Waals surface area contributed by atoms with E-state index in [0.717, 1.165) is 6.42 Å². The zero-order valence-corrected chi connectivity index (χ0v) is 16.1. The van der Waals surface area contributed by atoms with Crippen LogP contribution in [-0.4, -0.2) is 17.1 Å². The minimum atomic E-state index is 0. The van der Waals surface area contributed by atoms with Crippen LogP contribution in [0.15, 0.2) is 60.7 Å². The van der Waals surface area contributed by atoms with Gasteiger partial charge in [0.05, 0.1) is 0 Å². The van der Waals surface area contributed by atoms with Crippen LogP contribution in [0.25, 0.3) is 0 Å². The van der Waals surface area contributed by atoms with Gasteiger partial charge in [-0.1, -0.05) is 0 Å². The molecule has 2 aromatic rings. The molecule has 2 aromatic carbocycles. The van der Waals surface area contributed by atoms with E-state index in [0.29, 0.717) is 6.61 Å². The summed E-state index contributed by atoms with van der Waals surface area (Å²) in [5.74, 6) is 0. The predicted molar refractivity (Wildman–Crippen MR) is 72.2 cm³/mol. The molecule has 5 heteroatoms. The molecule has 1 N–H and O–H groups in total. The van der Waals surface area contributed by atoms with Crippen molar-refractivity contribution in [3.63, 3.8) is 0 Å². The molecule has 1 nitrogen and oxygen atoms in total. The first-order chi connectivity index (χ1) is 8.27. The molecule has 0 aliphatic carbocycles. The quantitative estimate of drug-likeness (QED) is 0.446. The Balaban J connectivity index is -0.000000194. The van der Waals surface area contributed by atoms with Crippen LogP contribution in [0.2, 0.25) is 12.6 Å². The predicted octanol–water partition coefficient (Wildman–Crippen LogP) is -2.64. The summed E-state index contributed by atoms with van der Waals surface area (Å²) in [6.07, 6.45) is 1.02. The first-order valence-corrected chi connectivity index (χ1v) is 11.6. The molecule has 0 aromatic heterocycles. The third-order valence-electron chi connectivity index (χ3n) is 1.82. The summed E-state index contributed by atoms with van der Waals surface area (Å²) in [5.41, 5.74) is 0.0327. The summed E-state index contributed by atoms with van der Waals surface area (Å²) in [7, 11) is 0. The molecule has 0 aliphatic rings. The maximum absolute atomic E-state index is 8.34. The summed E-state index contributed by atoms with van der Waals surface area (Å²) in [6, 6.07) is 21.3. The Bertz CT molecular complexity index is 276. The zero-order valence-electron chi connectivity index (χ0n) is 11.1.